The molecular weight excluding hydrogens is 328 g/mol. The zero-order chi connectivity index (χ0) is 18.4. The molecule has 26 heavy (non-hydrogen) atoms. The van der Waals surface area contributed by atoms with Crippen LogP contribution in [0.5, 0.6) is 0 Å². The molecule has 0 aliphatic carbocycles. The van der Waals surface area contributed by atoms with Crippen LogP contribution in [0, 0.1) is 5.92 Å². The van der Waals surface area contributed by atoms with Crippen molar-refractivity contribution < 1.29 is 9.59 Å². The summed E-state index contributed by atoms with van der Waals surface area (Å²) >= 11 is 0. The summed E-state index contributed by atoms with van der Waals surface area (Å²) in [5.74, 6) is 0.0536. The van der Waals surface area contributed by atoms with Gasteiger partial charge in [0, 0.05) is 44.6 Å². The summed E-state index contributed by atoms with van der Waals surface area (Å²) in [5.41, 5.74) is 1.91. The van der Waals surface area contributed by atoms with Gasteiger partial charge in [-0.1, -0.05) is 6.07 Å². The number of hydrogen-bond acceptors (Lipinski definition) is 4. The fourth-order valence-electron chi connectivity index (χ4n) is 3.27. The summed E-state index contributed by atoms with van der Waals surface area (Å²) in [6.45, 7) is 4.12. The summed E-state index contributed by atoms with van der Waals surface area (Å²) in [6.07, 6.45) is 6.22. The summed E-state index contributed by atoms with van der Waals surface area (Å²) in [4.78, 5) is 37.2. The molecule has 0 bridgehead atoms. The maximum Gasteiger partial charge on any atom is 0.227 e. The molecule has 6 nitrogen and oxygen atoms in total. The van der Waals surface area contributed by atoms with E-state index < -0.39 is 0 Å². The van der Waals surface area contributed by atoms with Crippen LogP contribution in [0.4, 0.5) is 0 Å². The number of rotatable bonds is 6. The molecular formula is C20H24N4O2. The highest BCUT2D eigenvalue weighted by atomic mass is 16.2. The van der Waals surface area contributed by atoms with Crippen LogP contribution in [-0.4, -0.2) is 44.7 Å². The minimum absolute atomic E-state index is 0.0943. The lowest BCUT2D eigenvalue weighted by Crippen LogP contribution is -2.46. The van der Waals surface area contributed by atoms with Gasteiger partial charge in [-0.05, 0) is 43.2 Å². The van der Waals surface area contributed by atoms with Gasteiger partial charge in [0.1, 0.15) is 0 Å². The van der Waals surface area contributed by atoms with Gasteiger partial charge < -0.3 is 9.80 Å². The van der Waals surface area contributed by atoms with Crippen molar-refractivity contribution in [3.63, 3.8) is 0 Å². The van der Waals surface area contributed by atoms with E-state index in [0.717, 1.165) is 11.3 Å². The van der Waals surface area contributed by atoms with E-state index in [1.165, 1.54) is 0 Å². The minimum Gasteiger partial charge on any atom is -0.338 e. The number of nitrogens with zero attached hydrogens (tertiary/aromatic N) is 4. The SMILES string of the molecule is CCN(Cc1ccncc1)C(=O)[C@H]1CCC(=O)N(Cc2ccccn2)C1. The van der Waals surface area contributed by atoms with Crippen LogP contribution in [0.2, 0.25) is 0 Å². The molecule has 1 atom stereocenters. The van der Waals surface area contributed by atoms with Crippen molar-refractivity contribution >= 4 is 11.8 Å². The lowest BCUT2D eigenvalue weighted by Gasteiger charge is -2.34. The van der Waals surface area contributed by atoms with E-state index in [1.54, 1.807) is 23.5 Å². The number of likely N-dealkylation sites (tertiary alicyclic amines) is 1. The average Bonchev–Trinajstić information content (AvgIpc) is 2.69. The quantitative estimate of drug-likeness (QED) is 0.800. The molecule has 136 valence electrons. The van der Waals surface area contributed by atoms with Gasteiger partial charge in [-0.2, -0.15) is 0 Å². The van der Waals surface area contributed by atoms with Crippen molar-refractivity contribution in [2.45, 2.75) is 32.9 Å². The smallest absolute Gasteiger partial charge is 0.227 e. The van der Waals surface area contributed by atoms with Gasteiger partial charge in [0.05, 0.1) is 18.2 Å². The molecule has 0 unspecified atom stereocenters. The van der Waals surface area contributed by atoms with Gasteiger partial charge in [0.2, 0.25) is 11.8 Å². The summed E-state index contributed by atoms with van der Waals surface area (Å²) in [7, 11) is 0. The zero-order valence-electron chi connectivity index (χ0n) is 15.0. The molecule has 1 aliphatic heterocycles. The van der Waals surface area contributed by atoms with Gasteiger partial charge in [-0.3, -0.25) is 19.6 Å². The molecule has 1 fully saturated rings. The van der Waals surface area contributed by atoms with Crippen LogP contribution in [-0.2, 0) is 22.7 Å². The van der Waals surface area contributed by atoms with Crippen molar-refractivity contribution in [2.24, 2.45) is 5.92 Å². The lowest BCUT2D eigenvalue weighted by atomic mass is 9.95. The van der Waals surface area contributed by atoms with Crippen molar-refractivity contribution in [3.05, 3.63) is 60.2 Å². The third-order valence-corrected chi connectivity index (χ3v) is 4.74. The Labute approximate surface area is 153 Å². The molecule has 0 spiro atoms. The third kappa shape index (κ3) is 4.45. The van der Waals surface area contributed by atoms with E-state index >= 15 is 0 Å². The summed E-state index contributed by atoms with van der Waals surface area (Å²) < 4.78 is 0. The first-order valence-electron chi connectivity index (χ1n) is 9.02. The first-order valence-corrected chi connectivity index (χ1v) is 9.02. The molecule has 0 radical (unpaired) electrons. The van der Waals surface area contributed by atoms with E-state index in [2.05, 4.69) is 9.97 Å². The number of piperidine rings is 1. The molecule has 1 saturated heterocycles. The lowest BCUT2D eigenvalue weighted by molar-refractivity contribution is -0.143. The van der Waals surface area contributed by atoms with E-state index in [4.69, 9.17) is 0 Å². The zero-order valence-corrected chi connectivity index (χ0v) is 15.0. The predicted octanol–water partition coefficient (Wildman–Crippen LogP) is 2.26. The molecule has 1 aliphatic rings. The average molecular weight is 352 g/mol. The second-order valence-corrected chi connectivity index (χ2v) is 6.54. The molecule has 2 aromatic heterocycles. The Bertz CT molecular complexity index is 736. The van der Waals surface area contributed by atoms with Crippen LogP contribution in [0.15, 0.2) is 48.9 Å². The van der Waals surface area contributed by atoms with Crippen molar-refractivity contribution in [2.75, 3.05) is 13.1 Å². The number of hydrogen-bond donors (Lipinski definition) is 0. The summed E-state index contributed by atoms with van der Waals surface area (Å²) in [6, 6.07) is 9.51. The summed E-state index contributed by atoms with van der Waals surface area (Å²) in [5, 5.41) is 0. The normalized spacial score (nSPS) is 17.2. The maximum absolute atomic E-state index is 13.0. The van der Waals surface area contributed by atoms with E-state index in [1.807, 2.05) is 42.2 Å². The van der Waals surface area contributed by atoms with Crippen molar-refractivity contribution in [3.8, 4) is 0 Å². The van der Waals surface area contributed by atoms with Crippen molar-refractivity contribution in [1.29, 1.82) is 0 Å². The first kappa shape index (κ1) is 18.0. The van der Waals surface area contributed by atoms with Gasteiger partial charge in [0.25, 0.3) is 0 Å². The van der Waals surface area contributed by atoms with Crippen LogP contribution in [0.3, 0.4) is 0 Å². The Morgan fingerprint density at radius 1 is 1.23 bits per heavy atom. The fraction of sp³-hybridized carbons (Fsp3) is 0.400. The second kappa shape index (κ2) is 8.56. The van der Waals surface area contributed by atoms with E-state index in [-0.39, 0.29) is 17.7 Å². The molecule has 0 saturated carbocycles. The van der Waals surface area contributed by atoms with Gasteiger partial charge in [-0.15, -0.1) is 0 Å². The highest BCUT2D eigenvalue weighted by Crippen LogP contribution is 2.22. The predicted molar refractivity (Wildman–Crippen MR) is 97.7 cm³/mol. The van der Waals surface area contributed by atoms with Crippen molar-refractivity contribution in [1.82, 2.24) is 19.8 Å². The Balaban J connectivity index is 1.65. The largest absolute Gasteiger partial charge is 0.338 e. The standard InChI is InChI=1S/C20H24N4O2/c1-2-23(13-16-8-11-21-12-9-16)20(26)17-6-7-19(25)24(14-17)15-18-5-3-4-10-22-18/h3-5,8-12,17H,2,6-7,13-15H2,1H3/t17-/m0/s1. The highest BCUT2D eigenvalue weighted by Gasteiger charge is 2.32. The monoisotopic (exact) mass is 352 g/mol. The van der Waals surface area contributed by atoms with Crippen LogP contribution in [0.25, 0.3) is 0 Å². The van der Waals surface area contributed by atoms with Gasteiger partial charge in [-0.25, -0.2) is 0 Å². The number of amides is 2. The molecule has 3 heterocycles. The molecule has 6 heteroatoms. The molecule has 0 N–H and O–H groups in total. The molecule has 2 amide bonds. The Kier molecular flexibility index (Phi) is 5.94. The maximum atomic E-state index is 13.0. The second-order valence-electron chi connectivity index (χ2n) is 6.54. The Hall–Kier alpha value is -2.76. The Morgan fingerprint density at radius 2 is 2.04 bits per heavy atom. The number of carbonyl (C=O) groups is 2. The first-order chi connectivity index (χ1) is 12.7. The number of pyridine rings is 2. The number of carbonyl (C=O) groups excluding carboxylic acids is 2. The molecule has 0 aromatic carbocycles. The highest BCUT2D eigenvalue weighted by molar-refractivity contribution is 5.83. The third-order valence-electron chi connectivity index (χ3n) is 4.74. The van der Waals surface area contributed by atoms with Crippen LogP contribution in [0.1, 0.15) is 31.0 Å². The van der Waals surface area contributed by atoms with Crippen LogP contribution < -0.4 is 0 Å². The number of aromatic nitrogens is 2. The fourth-order valence-corrected chi connectivity index (χ4v) is 3.27. The van der Waals surface area contributed by atoms with E-state index in [9.17, 15) is 9.59 Å². The Morgan fingerprint density at radius 3 is 2.73 bits per heavy atom. The van der Waals surface area contributed by atoms with Gasteiger partial charge >= 0.3 is 0 Å². The topological polar surface area (TPSA) is 66.4 Å². The minimum atomic E-state index is -0.154. The molecule has 3 rings (SSSR count). The van der Waals surface area contributed by atoms with Gasteiger partial charge in [0.15, 0.2) is 0 Å². The molecule has 2 aromatic rings. The van der Waals surface area contributed by atoms with Crippen LogP contribution >= 0.6 is 0 Å². The van der Waals surface area contributed by atoms with E-state index in [0.29, 0.717) is 39.0 Å².